The molecule has 0 aliphatic carbocycles. The van der Waals surface area contributed by atoms with E-state index in [9.17, 15) is 9.90 Å². The van der Waals surface area contributed by atoms with Crippen molar-refractivity contribution in [2.24, 2.45) is 0 Å². The zero-order valence-corrected chi connectivity index (χ0v) is 13.3. The zero-order valence-electron chi connectivity index (χ0n) is 13.3. The average molecular weight is 296 g/mol. The first kappa shape index (κ1) is 15.8. The Morgan fingerprint density at radius 1 is 1.09 bits per heavy atom. The van der Waals surface area contributed by atoms with Gasteiger partial charge in [0.1, 0.15) is 5.82 Å². The second kappa shape index (κ2) is 6.43. The highest BCUT2D eigenvalue weighted by atomic mass is 16.4. The number of hydrogen-bond acceptors (Lipinski definition) is 2. The number of carbonyl (C=O) groups is 1. The fourth-order valence-corrected chi connectivity index (χ4v) is 2.27. The molecule has 0 atom stereocenters. The van der Waals surface area contributed by atoms with Crippen LogP contribution in [-0.4, -0.2) is 21.0 Å². The third-order valence-corrected chi connectivity index (χ3v) is 3.51. The molecule has 1 heterocycles. The van der Waals surface area contributed by atoms with Crippen LogP contribution in [0.1, 0.15) is 35.3 Å². The van der Waals surface area contributed by atoms with Crippen LogP contribution in [0.2, 0.25) is 0 Å². The van der Waals surface area contributed by atoms with Gasteiger partial charge in [0.05, 0.1) is 16.6 Å². The maximum absolute atomic E-state index is 11.3. The number of H-pyrrole nitrogens is 1. The summed E-state index contributed by atoms with van der Waals surface area (Å²) in [7, 11) is 0. The first-order chi connectivity index (χ1) is 10.6. The summed E-state index contributed by atoms with van der Waals surface area (Å²) in [5.41, 5.74) is 4.97. The topological polar surface area (TPSA) is 66.0 Å². The summed E-state index contributed by atoms with van der Waals surface area (Å²) in [6, 6.07) is 10.9. The second-order valence-electron chi connectivity index (χ2n) is 4.89. The molecule has 0 radical (unpaired) electrons. The molecule has 0 aliphatic heterocycles. The zero-order chi connectivity index (χ0) is 16.3. The Hall–Kier alpha value is -2.62. The third-order valence-electron chi connectivity index (χ3n) is 3.51. The van der Waals surface area contributed by atoms with E-state index >= 15 is 0 Å². The van der Waals surface area contributed by atoms with E-state index in [1.807, 2.05) is 45.9 Å². The summed E-state index contributed by atoms with van der Waals surface area (Å²) >= 11 is 0. The fourth-order valence-electron chi connectivity index (χ4n) is 2.27. The van der Waals surface area contributed by atoms with Crippen molar-refractivity contribution in [2.45, 2.75) is 27.7 Å². The molecule has 0 unspecified atom stereocenters. The van der Waals surface area contributed by atoms with Crippen LogP contribution in [0.4, 0.5) is 0 Å². The molecule has 22 heavy (non-hydrogen) atoms. The van der Waals surface area contributed by atoms with Gasteiger partial charge < -0.3 is 10.1 Å². The Morgan fingerprint density at radius 2 is 1.73 bits per heavy atom. The number of carboxylic acids is 1. The summed E-state index contributed by atoms with van der Waals surface area (Å²) in [5, 5.41) is 9.25. The van der Waals surface area contributed by atoms with Crippen LogP contribution in [0.5, 0.6) is 0 Å². The molecule has 0 aliphatic rings. The number of benzene rings is 2. The molecule has 0 bridgehead atoms. The molecular weight excluding hydrogens is 276 g/mol. The molecule has 0 spiro atoms. The van der Waals surface area contributed by atoms with E-state index in [0.29, 0.717) is 11.4 Å². The number of rotatable bonds is 2. The Labute approximate surface area is 129 Å². The van der Waals surface area contributed by atoms with E-state index < -0.39 is 5.97 Å². The number of nitrogens with zero attached hydrogens (tertiary/aromatic N) is 1. The Bertz CT molecular complexity index is 780. The SMILES string of the molecule is CC.Cc1cc2nc(-c3ccccc3C(=O)O)[nH]c2cc1C. The minimum atomic E-state index is -0.951. The molecule has 1 aromatic heterocycles. The van der Waals surface area contributed by atoms with Crippen molar-refractivity contribution in [2.75, 3.05) is 0 Å². The molecule has 4 heteroatoms. The first-order valence-electron chi connectivity index (χ1n) is 7.36. The highest BCUT2D eigenvalue weighted by Gasteiger charge is 2.14. The second-order valence-corrected chi connectivity index (χ2v) is 4.89. The van der Waals surface area contributed by atoms with Gasteiger partial charge >= 0.3 is 5.97 Å². The van der Waals surface area contributed by atoms with E-state index in [-0.39, 0.29) is 5.56 Å². The van der Waals surface area contributed by atoms with E-state index in [0.717, 1.165) is 11.0 Å². The number of aromatic amines is 1. The van der Waals surface area contributed by atoms with Gasteiger partial charge in [0, 0.05) is 5.56 Å². The normalized spacial score (nSPS) is 10.2. The number of carboxylic acid groups (broad SMARTS) is 1. The Morgan fingerprint density at radius 3 is 2.41 bits per heavy atom. The van der Waals surface area contributed by atoms with Crippen molar-refractivity contribution in [3.63, 3.8) is 0 Å². The summed E-state index contributed by atoms with van der Waals surface area (Å²) in [4.78, 5) is 19.0. The van der Waals surface area contributed by atoms with Crippen molar-refractivity contribution in [3.05, 3.63) is 53.1 Å². The molecule has 114 valence electrons. The van der Waals surface area contributed by atoms with Gasteiger partial charge in [-0.25, -0.2) is 9.78 Å². The fraction of sp³-hybridized carbons (Fsp3) is 0.222. The van der Waals surface area contributed by atoms with Gasteiger partial charge in [-0.05, 0) is 43.2 Å². The Balaban J connectivity index is 0.000000847. The van der Waals surface area contributed by atoms with Gasteiger partial charge in [-0.2, -0.15) is 0 Å². The number of aromatic nitrogens is 2. The molecule has 0 fully saturated rings. The molecule has 2 N–H and O–H groups in total. The smallest absolute Gasteiger partial charge is 0.336 e. The highest BCUT2D eigenvalue weighted by molar-refractivity contribution is 5.96. The largest absolute Gasteiger partial charge is 0.478 e. The number of aromatic carboxylic acids is 1. The molecule has 3 aromatic rings. The van der Waals surface area contributed by atoms with Crippen LogP contribution in [0.15, 0.2) is 36.4 Å². The number of aryl methyl sites for hydroxylation is 2. The van der Waals surface area contributed by atoms with E-state index in [4.69, 9.17) is 0 Å². The number of nitrogens with one attached hydrogen (secondary N) is 1. The van der Waals surface area contributed by atoms with Crippen molar-refractivity contribution in [1.82, 2.24) is 9.97 Å². The quantitative estimate of drug-likeness (QED) is 0.728. The minimum Gasteiger partial charge on any atom is -0.478 e. The molecule has 3 rings (SSSR count). The molecule has 2 aromatic carbocycles. The molecular formula is C18H20N2O2. The monoisotopic (exact) mass is 296 g/mol. The standard InChI is InChI=1S/C16H14N2O2.C2H6/c1-9-7-13-14(8-10(9)2)18-15(17-13)11-5-3-4-6-12(11)16(19)20;1-2/h3-8H,1-2H3,(H,17,18)(H,19,20);1-2H3. The van der Waals surface area contributed by atoms with E-state index in [2.05, 4.69) is 9.97 Å². The summed E-state index contributed by atoms with van der Waals surface area (Å²) < 4.78 is 0. The molecule has 0 saturated heterocycles. The first-order valence-corrected chi connectivity index (χ1v) is 7.36. The van der Waals surface area contributed by atoms with Crippen molar-refractivity contribution in [3.8, 4) is 11.4 Å². The lowest BCUT2D eigenvalue weighted by Gasteiger charge is -2.01. The lowest BCUT2D eigenvalue weighted by Crippen LogP contribution is -1.99. The molecule has 0 amide bonds. The lowest BCUT2D eigenvalue weighted by molar-refractivity contribution is 0.0697. The predicted octanol–water partition coefficient (Wildman–Crippen LogP) is 4.57. The number of fused-ring (bicyclic) bond motifs is 1. The highest BCUT2D eigenvalue weighted by Crippen LogP contribution is 2.25. The van der Waals surface area contributed by atoms with Gasteiger partial charge in [-0.15, -0.1) is 0 Å². The Kier molecular flexibility index (Phi) is 4.61. The van der Waals surface area contributed by atoms with Crippen LogP contribution in [0.25, 0.3) is 22.4 Å². The molecule has 0 saturated carbocycles. The van der Waals surface area contributed by atoms with E-state index in [1.54, 1.807) is 18.2 Å². The number of hydrogen-bond donors (Lipinski definition) is 2. The van der Waals surface area contributed by atoms with Gasteiger partial charge in [-0.3, -0.25) is 0 Å². The van der Waals surface area contributed by atoms with Crippen molar-refractivity contribution < 1.29 is 9.90 Å². The lowest BCUT2D eigenvalue weighted by atomic mass is 10.1. The van der Waals surface area contributed by atoms with Crippen LogP contribution < -0.4 is 0 Å². The molecule has 4 nitrogen and oxygen atoms in total. The summed E-state index contributed by atoms with van der Waals surface area (Å²) in [6.45, 7) is 8.08. The van der Waals surface area contributed by atoms with E-state index in [1.165, 1.54) is 11.1 Å². The van der Waals surface area contributed by atoms with Crippen LogP contribution >= 0.6 is 0 Å². The maximum atomic E-state index is 11.3. The summed E-state index contributed by atoms with van der Waals surface area (Å²) in [6.07, 6.45) is 0. The van der Waals surface area contributed by atoms with Crippen LogP contribution in [0, 0.1) is 13.8 Å². The maximum Gasteiger partial charge on any atom is 0.336 e. The summed E-state index contributed by atoms with van der Waals surface area (Å²) in [5.74, 6) is -0.364. The predicted molar refractivity (Wildman–Crippen MR) is 89.3 cm³/mol. The van der Waals surface area contributed by atoms with Crippen LogP contribution in [0.3, 0.4) is 0 Å². The van der Waals surface area contributed by atoms with Gasteiger partial charge in [-0.1, -0.05) is 32.0 Å². The average Bonchev–Trinajstić information content (AvgIpc) is 2.92. The van der Waals surface area contributed by atoms with Crippen molar-refractivity contribution in [1.29, 1.82) is 0 Å². The van der Waals surface area contributed by atoms with Gasteiger partial charge in [0.15, 0.2) is 0 Å². The van der Waals surface area contributed by atoms with Crippen molar-refractivity contribution >= 4 is 17.0 Å². The number of imidazole rings is 1. The van der Waals surface area contributed by atoms with Gasteiger partial charge in [0.2, 0.25) is 0 Å². The van der Waals surface area contributed by atoms with Crippen LogP contribution in [-0.2, 0) is 0 Å². The minimum absolute atomic E-state index is 0.250. The van der Waals surface area contributed by atoms with Gasteiger partial charge in [0.25, 0.3) is 0 Å². The third kappa shape index (κ3) is 2.86.